The third kappa shape index (κ3) is 3.10. The van der Waals surface area contributed by atoms with Crippen LogP contribution in [0, 0.1) is 5.92 Å². The number of hydrogen-bond donors (Lipinski definition) is 1. The summed E-state index contributed by atoms with van der Waals surface area (Å²) in [6.07, 6.45) is 6.46. The maximum atomic E-state index is 6.24. The molecule has 0 aliphatic heterocycles. The van der Waals surface area contributed by atoms with Crippen LogP contribution < -0.4 is 5.73 Å². The molecule has 0 spiro atoms. The average Bonchev–Trinajstić information content (AvgIpc) is 2.27. The highest BCUT2D eigenvalue weighted by Crippen LogP contribution is 2.36. The predicted molar refractivity (Wildman–Crippen MR) is 74.0 cm³/mol. The molecule has 1 aromatic rings. The van der Waals surface area contributed by atoms with E-state index in [0.717, 1.165) is 18.3 Å². The van der Waals surface area contributed by atoms with E-state index >= 15 is 0 Å². The maximum Gasteiger partial charge on any atom is 0.0297 e. The van der Waals surface area contributed by atoms with Crippen molar-refractivity contribution in [2.75, 3.05) is 0 Å². The molecular weight excluding hydrogens is 206 g/mol. The normalized spacial score (nSPS) is 19.7. The third-order valence-electron chi connectivity index (χ3n) is 4.29. The fourth-order valence-electron chi connectivity index (χ4n) is 2.49. The molecule has 2 unspecified atom stereocenters. The minimum Gasteiger partial charge on any atom is -0.324 e. The van der Waals surface area contributed by atoms with Gasteiger partial charge in [0.2, 0.25) is 0 Å². The van der Waals surface area contributed by atoms with E-state index in [2.05, 4.69) is 38.1 Å². The summed E-state index contributed by atoms with van der Waals surface area (Å²) in [5.41, 5.74) is 9.05. The molecule has 1 saturated carbocycles. The third-order valence-corrected chi connectivity index (χ3v) is 4.29. The van der Waals surface area contributed by atoms with Gasteiger partial charge in [0.25, 0.3) is 0 Å². The van der Waals surface area contributed by atoms with Crippen LogP contribution in [0.1, 0.15) is 69.0 Å². The molecule has 1 aliphatic rings. The summed E-state index contributed by atoms with van der Waals surface area (Å²) in [6, 6.07) is 9.26. The van der Waals surface area contributed by atoms with Gasteiger partial charge in [-0.3, -0.25) is 0 Å². The summed E-state index contributed by atoms with van der Waals surface area (Å²) >= 11 is 0. The Hall–Kier alpha value is -0.820. The zero-order valence-corrected chi connectivity index (χ0v) is 11.2. The van der Waals surface area contributed by atoms with Gasteiger partial charge in [0, 0.05) is 6.04 Å². The largest absolute Gasteiger partial charge is 0.324 e. The Morgan fingerprint density at radius 1 is 1.24 bits per heavy atom. The van der Waals surface area contributed by atoms with Crippen LogP contribution in [0.4, 0.5) is 0 Å². The highest BCUT2D eigenvalue weighted by molar-refractivity contribution is 5.28. The molecule has 1 nitrogen and oxygen atoms in total. The Morgan fingerprint density at radius 2 is 1.88 bits per heavy atom. The van der Waals surface area contributed by atoms with Crippen molar-refractivity contribution < 1.29 is 0 Å². The standard InChI is InChI=1S/C16H25N/c1-3-12(2)11-16(17)15-9-7-14(8-10-15)13-5-4-6-13/h7-10,12-13,16H,3-6,11,17H2,1-2H3. The molecule has 2 rings (SSSR count). The Labute approximate surface area is 105 Å². The fourth-order valence-corrected chi connectivity index (χ4v) is 2.49. The molecule has 2 atom stereocenters. The van der Waals surface area contributed by atoms with Crippen molar-refractivity contribution in [3.8, 4) is 0 Å². The topological polar surface area (TPSA) is 26.0 Å². The predicted octanol–water partition coefficient (Wildman–Crippen LogP) is 4.39. The summed E-state index contributed by atoms with van der Waals surface area (Å²) in [4.78, 5) is 0. The molecule has 1 fully saturated rings. The molecule has 0 heterocycles. The van der Waals surface area contributed by atoms with Crippen molar-refractivity contribution in [2.24, 2.45) is 11.7 Å². The van der Waals surface area contributed by atoms with Crippen LogP contribution in [-0.4, -0.2) is 0 Å². The van der Waals surface area contributed by atoms with E-state index in [0.29, 0.717) is 0 Å². The van der Waals surface area contributed by atoms with Gasteiger partial charge < -0.3 is 5.73 Å². The second-order valence-electron chi connectivity index (χ2n) is 5.65. The molecule has 1 heteroatoms. The van der Waals surface area contributed by atoms with Crippen molar-refractivity contribution in [3.05, 3.63) is 35.4 Å². The smallest absolute Gasteiger partial charge is 0.0297 e. The molecule has 0 aromatic heterocycles. The Morgan fingerprint density at radius 3 is 2.35 bits per heavy atom. The van der Waals surface area contributed by atoms with Crippen LogP contribution in [-0.2, 0) is 0 Å². The monoisotopic (exact) mass is 231 g/mol. The van der Waals surface area contributed by atoms with Crippen LogP contribution in [0.5, 0.6) is 0 Å². The second kappa shape index (κ2) is 5.68. The zero-order chi connectivity index (χ0) is 12.3. The molecule has 0 radical (unpaired) electrons. The fraction of sp³-hybridized carbons (Fsp3) is 0.625. The van der Waals surface area contributed by atoms with Gasteiger partial charge in [-0.05, 0) is 42.2 Å². The average molecular weight is 231 g/mol. The van der Waals surface area contributed by atoms with Crippen LogP contribution in [0.15, 0.2) is 24.3 Å². The molecule has 94 valence electrons. The van der Waals surface area contributed by atoms with Gasteiger partial charge in [-0.1, -0.05) is 51.0 Å². The molecule has 0 saturated heterocycles. The first kappa shape index (κ1) is 12.6. The molecule has 17 heavy (non-hydrogen) atoms. The lowest BCUT2D eigenvalue weighted by Crippen LogP contribution is -2.14. The summed E-state index contributed by atoms with van der Waals surface area (Å²) < 4.78 is 0. The summed E-state index contributed by atoms with van der Waals surface area (Å²) in [6.45, 7) is 4.51. The van der Waals surface area contributed by atoms with Gasteiger partial charge in [-0.15, -0.1) is 0 Å². The number of hydrogen-bond acceptors (Lipinski definition) is 1. The van der Waals surface area contributed by atoms with Gasteiger partial charge >= 0.3 is 0 Å². The minimum absolute atomic E-state index is 0.209. The summed E-state index contributed by atoms with van der Waals surface area (Å²) in [7, 11) is 0. The van der Waals surface area contributed by atoms with Crippen molar-refractivity contribution >= 4 is 0 Å². The van der Waals surface area contributed by atoms with Crippen molar-refractivity contribution in [1.82, 2.24) is 0 Å². The van der Waals surface area contributed by atoms with E-state index in [9.17, 15) is 0 Å². The van der Waals surface area contributed by atoms with Crippen LogP contribution in [0.3, 0.4) is 0 Å². The first-order chi connectivity index (χ1) is 8.20. The first-order valence-electron chi connectivity index (χ1n) is 7.06. The van der Waals surface area contributed by atoms with Crippen molar-refractivity contribution in [1.29, 1.82) is 0 Å². The van der Waals surface area contributed by atoms with Gasteiger partial charge in [0.05, 0.1) is 0 Å². The highest BCUT2D eigenvalue weighted by Gasteiger charge is 2.19. The van der Waals surface area contributed by atoms with Crippen molar-refractivity contribution in [3.63, 3.8) is 0 Å². The molecule has 1 aromatic carbocycles. The zero-order valence-electron chi connectivity index (χ0n) is 11.2. The van der Waals surface area contributed by atoms with Crippen molar-refractivity contribution in [2.45, 2.75) is 57.9 Å². The maximum absolute atomic E-state index is 6.24. The lowest BCUT2D eigenvalue weighted by atomic mass is 9.79. The van der Waals surface area contributed by atoms with E-state index < -0.39 is 0 Å². The Bertz CT molecular complexity index is 337. The van der Waals surface area contributed by atoms with E-state index in [1.54, 1.807) is 0 Å². The molecular formula is C16H25N. The Kier molecular flexibility index (Phi) is 4.22. The SMILES string of the molecule is CCC(C)CC(N)c1ccc(C2CCC2)cc1. The van der Waals surface area contributed by atoms with Crippen LogP contribution in [0.25, 0.3) is 0 Å². The van der Waals surface area contributed by atoms with Crippen LogP contribution in [0.2, 0.25) is 0 Å². The van der Waals surface area contributed by atoms with Gasteiger partial charge in [-0.25, -0.2) is 0 Å². The second-order valence-corrected chi connectivity index (χ2v) is 5.65. The molecule has 2 N–H and O–H groups in total. The molecule has 1 aliphatic carbocycles. The number of nitrogens with two attached hydrogens (primary N) is 1. The number of benzene rings is 1. The van der Waals surface area contributed by atoms with Gasteiger partial charge in [0.1, 0.15) is 0 Å². The van der Waals surface area contributed by atoms with E-state index in [1.165, 1.54) is 36.8 Å². The first-order valence-corrected chi connectivity index (χ1v) is 7.06. The van der Waals surface area contributed by atoms with E-state index in [-0.39, 0.29) is 6.04 Å². The van der Waals surface area contributed by atoms with Crippen LogP contribution >= 0.6 is 0 Å². The van der Waals surface area contributed by atoms with E-state index in [4.69, 9.17) is 5.73 Å². The number of rotatable bonds is 5. The molecule has 0 amide bonds. The lowest BCUT2D eigenvalue weighted by molar-refractivity contribution is 0.419. The van der Waals surface area contributed by atoms with Gasteiger partial charge in [-0.2, -0.15) is 0 Å². The Balaban J connectivity index is 1.96. The van der Waals surface area contributed by atoms with Gasteiger partial charge in [0.15, 0.2) is 0 Å². The summed E-state index contributed by atoms with van der Waals surface area (Å²) in [5, 5.41) is 0. The quantitative estimate of drug-likeness (QED) is 0.799. The van der Waals surface area contributed by atoms with E-state index in [1.807, 2.05) is 0 Å². The molecule has 0 bridgehead atoms. The minimum atomic E-state index is 0.209. The lowest BCUT2D eigenvalue weighted by Gasteiger charge is -2.26. The summed E-state index contributed by atoms with van der Waals surface area (Å²) in [5.74, 6) is 1.55. The highest BCUT2D eigenvalue weighted by atomic mass is 14.6.